The highest BCUT2D eigenvalue weighted by Crippen LogP contribution is 2.36. The molecule has 1 atom stereocenters. The maximum Gasteiger partial charge on any atom is 0.435 e. The lowest BCUT2D eigenvalue weighted by molar-refractivity contribution is -0.143. The van der Waals surface area contributed by atoms with Gasteiger partial charge in [-0.25, -0.2) is 4.98 Å². The Morgan fingerprint density at radius 3 is 2.64 bits per heavy atom. The summed E-state index contributed by atoms with van der Waals surface area (Å²) in [7, 11) is 1.47. The van der Waals surface area contributed by atoms with Crippen molar-refractivity contribution in [1.82, 2.24) is 19.5 Å². The topological polar surface area (TPSA) is 59.7 Å². The molecule has 1 fully saturated rings. The number of rotatable bonds is 7. The standard InChI is InChI=1S/C15H16ClF5N4O2S/c1-27-3-2-11-23-25-12(15(19,20)21)9(22-13(25)28-11)6-24-5-8(10(26)7-24)4-14(16,17)18/h8H,2-7H2,1H3. The van der Waals surface area contributed by atoms with Crippen molar-refractivity contribution in [2.45, 2.75) is 30.9 Å². The Morgan fingerprint density at radius 1 is 1.32 bits per heavy atom. The fourth-order valence-electron chi connectivity index (χ4n) is 3.13. The third-order valence-corrected chi connectivity index (χ3v) is 5.39. The number of carbonyl (C=O) groups is 1. The Hall–Kier alpha value is -1.37. The Bertz CT molecular complexity index is 863. The molecule has 0 aromatic carbocycles. The molecule has 3 heterocycles. The Kier molecular flexibility index (Phi) is 5.95. The van der Waals surface area contributed by atoms with Crippen LogP contribution in [0.4, 0.5) is 22.0 Å². The Morgan fingerprint density at radius 2 is 2.04 bits per heavy atom. The highest BCUT2D eigenvalue weighted by Gasteiger charge is 2.42. The van der Waals surface area contributed by atoms with Crippen LogP contribution in [-0.2, 0) is 28.7 Å². The molecule has 0 radical (unpaired) electrons. The first-order valence-corrected chi connectivity index (χ1v) is 9.42. The van der Waals surface area contributed by atoms with Crippen molar-refractivity contribution < 1.29 is 31.5 Å². The van der Waals surface area contributed by atoms with Gasteiger partial charge >= 0.3 is 11.6 Å². The number of halogens is 6. The Labute approximate surface area is 165 Å². The molecular formula is C15H16ClF5N4O2S. The van der Waals surface area contributed by atoms with E-state index in [9.17, 15) is 26.7 Å². The molecule has 1 aliphatic heterocycles. The van der Waals surface area contributed by atoms with Crippen LogP contribution < -0.4 is 0 Å². The van der Waals surface area contributed by atoms with E-state index in [0.717, 1.165) is 15.9 Å². The number of nitrogens with zero attached hydrogens (tertiary/aromatic N) is 4. The van der Waals surface area contributed by atoms with Crippen LogP contribution in [0.25, 0.3) is 4.96 Å². The second-order valence-electron chi connectivity index (χ2n) is 6.49. The third-order valence-electron chi connectivity index (χ3n) is 4.27. The number of imidazole rings is 1. The SMILES string of the molecule is COCCc1nn2c(C(F)(F)F)c(CN3CC(=O)C(CC(F)(F)Cl)C3)nc2s1. The Balaban J connectivity index is 1.83. The van der Waals surface area contributed by atoms with Crippen molar-refractivity contribution in [1.29, 1.82) is 0 Å². The number of hydrogen-bond donors (Lipinski definition) is 0. The minimum Gasteiger partial charge on any atom is -0.384 e. The maximum atomic E-state index is 13.6. The van der Waals surface area contributed by atoms with Gasteiger partial charge in [0.05, 0.1) is 18.8 Å². The number of hydrogen-bond acceptors (Lipinski definition) is 6. The molecule has 0 spiro atoms. The van der Waals surface area contributed by atoms with E-state index in [2.05, 4.69) is 10.1 Å². The van der Waals surface area contributed by atoms with Gasteiger partial charge in [0.15, 0.2) is 11.5 Å². The number of ether oxygens (including phenoxy) is 1. The van der Waals surface area contributed by atoms with Gasteiger partial charge in [-0.1, -0.05) is 11.3 Å². The third kappa shape index (κ3) is 4.78. The first kappa shape index (κ1) is 21.3. The molecular weight excluding hydrogens is 431 g/mol. The maximum absolute atomic E-state index is 13.6. The predicted octanol–water partition coefficient (Wildman–Crippen LogP) is 3.22. The number of alkyl halides is 6. The molecule has 0 N–H and O–H groups in total. The van der Waals surface area contributed by atoms with Gasteiger partial charge in [0, 0.05) is 39.0 Å². The summed E-state index contributed by atoms with van der Waals surface area (Å²) in [6.45, 7) is -0.315. The molecule has 6 nitrogen and oxygen atoms in total. The average Bonchev–Trinajstić information content (AvgIpc) is 3.15. The van der Waals surface area contributed by atoms with E-state index >= 15 is 0 Å². The van der Waals surface area contributed by atoms with Crippen molar-refractivity contribution in [3.8, 4) is 0 Å². The van der Waals surface area contributed by atoms with Crippen LogP contribution in [0.15, 0.2) is 0 Å². The van der Waals surface area contributed by atoms with Gasteiger partial charge in [-0.05, 0) is 11.6 Å². The molecule has 156 valence electrons. The lowest BCUT2D eigenvalue weighted by atomic mass is 10.0. The second kappa shape index (κ2) is 7.81. The van der Waals surface area contributed by atoms with Crippen LogP contribution in [0.3, 0.4) is 0 Å². The van der Waals surface area contributed by atoms with E-state index in [1.165, 1.54) is 12.0 Å². The van der Waals surface area contributed by atoms with Crippen LogP contribution in [0.1, 0.15) is 22.8 Å². The van der Waals surface area contributed by atoms with Crippen molar-refractivity contribution in [2.24, 2.45) is 5.92 Å². The number of likely N-dealkylation sites (tertiary alicyclic amines) is 1. The van der Waals surface area contributed by atoms with Crippen LogP contribution >= 0.6 is 22.9 Å². The van der Waals surface area contributed by atoms with Gasteiger partial charge in [-0.2, -0.15) is 31.6 Å². The highest BCUT2D eigenvalue weighted by molar-refractivity contribution is 7.16. The van der Waals surface area contributed by atoms with Crippen LogP contribution in [0, 0.1) is 5.92 Å². The summed E-state index contributed by atoms with van der Waals surface area (Å²) in [5.41, 5.74) is -1.32. The van der Waals surface area contributed by atoms with Gasteiger partial charge < -0.3 is 4.74 Å². The zero-order valence-corrected chi connectivity index (χ0v) is 16.2. The molecule has 0 aliphatic carbocycles. The number of aromatic nitrogens is 3. The van der Waals surface area contributed by atoms with E-state index in [1.807, 2.05) is 0 Å². The summed E-state index contributed by atoms with van der Waals surface area (Å²) in [4.78, 5) is 17.4. The quantitative estimate of drug-likeness (QED) is 0.483. The minimum absolute atomic E-state index is 0.0720. The van der Waals surface area contributed by atoms with Crippen molar-refractivity contribution in [3.05, 3.63) is 16.4 Å². The number of methoxy groups -OCH3 is 1. The zero-order chi connectivity index (χ0) is 20.7. The zero-order valence-electron chi connectivity index (χ0n) is 14.6. The molecule has 0 amide bonds. The van der Waals surface area contributed by atoms with Crippen LogP contribution in [-0.4, -0.2) is 57.5 Å². The molecule has 2 aromatic rings. The molecule has 0 saturated carbocycles. The molecule has 1 unspecified atom stereocenters. The van der Waals surface area contributed by atoms with Crippen molar-refractivity contribution in [2.75, 3.05) is 26.8 Å². The van der Waals surface area contributed by atoms with Gasteiger partial charge in [-0.3, -0.25) is 9.69 Å². The first-order chi connectivity index (χ1) is 13.0. The van der Waals surface area contributed by atoms with Gasteiger partial charge in [0.25, 0.3) is 0 Å². The molecule has 28 heavy (non-hydrogen) atoms. The molecule has 13 heteroatoms. The summed E-state index contributed by atoms with van der Waals surface area (Å²) in [5, 5.41) is 0.873. The van der Waals surface area contributed by atoms with Gasteiger partial charge in [0.1, 0.15) is 5.01 Å². The minimum atomic E-state index is -4.71. The summed E-state index contributed by atoms with van der Waals surface area (Å²) in [6.07, 6.45) is -5.21. The molecule has 1 aliphatic rings. The van der Waals surface area contributed by atoms with E-state index < -0.39 is 35.4 Å². The smallest absolute Gasteiger partial charge is 0.384 e. The summed E-state index contributed by atoms with van der Waals surface area (Å²) in [6, 6.07) is 0. The van der Waals surface area contributed by atoms with Gasteiger partial charge in [0.2, 0.25) is 4.96 Å². The fourth-order valence-corrected chi connectivity index (χ4v) is 4.21. The molecule has 0 bridgehead atoms. The second-order valence-corrected chi connectivity index (χ2v) is 8.08. The number of carbonyl (C=O) groups excluding carboxylic acids is 1. The first-order valence-electron chi connectivity index (χ1n) is 8.23. The lowest BCUT2D eigenvalue weighted by Gasteiger charge is -2.16. The van der Waals surface area contributed by atoms with Crippen molar-refractivity contribution in [3.63, 3.8) is 0 Å². The van der Waals surface area contributed by atoms with E-state index in [0.29, 0.717) is 18.0 Å². The fraction of sp³-hybridized carbons (Fsp3) is 0.667. The number of ketones is 1. The summed E-state index contributed by atoms with van der Waals surface area (Å²) < 4.78 is 72.4. The largest absolute Gasteiger partial charge is 0.435 e. The molecule has 1 saturated heterocycles. The molecule has 2 aromatic heterocycles. The number of Topliss-reactive ketones (excluding diaryl/α,β-unsaturated/α-hetero) is 1. The normalized spacial score (nSPS) is 19.2. The van der Waals surface area contributed by atoms with Gasteiger partial charge in [-0.15, -0.1) is 0 Å². The van der Waals surface area contributed by atoms with E-state index in [-0.39, 0.29) is 30.3 Å². The van der Waals surface area contributed by atoms with Crippen LogP contribution in [0.5, 0.6) is 0 Å². The summed E-state index contributed by atoms with van der Waals surface area (Å²) in [5.74, 6) is -1.50. The lowest BCUT2D eigenvalue weighted by Crippen LogP contribution is -2.24. The van der Waals surface area contributed by atoms with Crippen LogP contribution in [0.2, 0.25) is 0 Å². The van der Waals surface area contributed by atoms with E-state index in [1.54, 1.807) is 0 Å². The monoisotopic (exact) mass is 446 g/mol. The predicted molar refractivity (Wildman–Crippen MR) is 90.6 cm³/mol. The van der Waals surface area contributed by atoms with E-state index in [4.69, 9.17) is 16.3 Å². The number of fused-ring (bicyclic) bond motifs is 1. The average molecular weight is 447 g/mol. The molecule has 3 rings (SSSR count). The van der Waals surface area contributed by atoms with Crippen molar-refractivity contribution >= 4 is 33.7 Å². The summed E-state index contributed by atoms with van der Waals surface area (Å²) >= 11 is 5.89. The highest BCUT2D eigenvalue weighted by atomic mass is 35.5.